The van der Waals surface area contributed by atoms with Gasteiger partial charge in [-0.3, -0.25) is 4.79 Å². The van der Waals surface area contributed by atoms with E-state index in [1.807, 2.05) is 24.2 Å². The van der Waals surface area contributed by atoms with Crippen molar-refractivity contribution in [3.05, 3.63) is 18.2 Å². The van der Waals surface area contributed by atoms with E-state index in [0.29, 0.717) is 12.6 Å². The number of ether oxygens (including phenoxy) is 1. The molecule has 1 amide bonds. The summed E-state index contributed by atoms with van der Waals surface area (Å²) < 4.78 is 7.52. The Labute approximate surface area is 113 Å². The first-order chi connectivity index (χ1) is 9.25. The molecule has 0 radical (unpaired) electrons. The molecule has 3 rings (SSSR count). The quantitative estimate of drug-likeness (QED) is 0.810. The van der Waals surface area contributed by atoms with Gasteiger partial charge in [0, 0.05) is 32.1 Å². The largest absolute Gasteiger partial charge is 0.381 e. The Morgan fingerprint density at radius 3 is 3.05 bits per heavy atom. The van der Waals surface area contributed by atoms with Crippen molar-refractivity contribution in [2.24, 2.45) is 5.92 Å². The maximum Gasteiger partial charge on any atom is 0.228 e. The second-order valence-corrected chi connectivity index (χ2v) is 5.52. The third-order valence-corrected chi connectivity index (χ3v) is 4.24. The van der Waals surface area contributed by atoms with E-state index >= 15 is 0 Å². The molecule has 0 aromatic carbocycles. The summed E-state index contributed by atoms with van der Waals surface area (Å²) in [6, 6.07) is 0.377. The van der Waals surface area contributed by atoms with Crippen molar-refractivity contribution in [1.29, 1.82) is 0 Å². The molecule has 0 N–H and O–H groups in total. The molecular weight excluding hydrogens is 242 g/mol. The number of amides is 1. The summed E-state index contributed by atoms with van der Waals surface area (Å²) in [5.41, 5.74) is 0. The molecule has 0 saturated carbocycles. The van der Waals surface area contributed by atoms with Gasteiger partial charge in [-0.1, -0.05) is 0 Å². The van der Waals surface area contributed by atoms with Crippen molar-refractivity contribution in [2.45, 2.75) is 32.2 Å². The normalized spacial score (nSPS) is 27.7. The number of nitrogens with zero attached hydrogens (tertiary/aromatic N) is 3. The number of likely N-dealkylation sites (tertiary alicyclic amines) is 1. The van der Waals surface area contributed by atoms with Gasteiger partial charge in [0.05, 0.1) is 18.6 Å². The highest BCUT2D eigenvalue weighted by Crippen LogP contribution is 2.25. The molecule has 19 heavy (non-hydrogen) atoms. The Morgan fingerprint density at radius 2 is 2.37 bits per heavy atom. The monoisotopic (exact) mass is 263 g/mol. The van der Waals surface area contributed by atoms with Crippen molar-refractivity contribution in [3.8, 4) is 0 Å². The zero-order valence-electron chi connectivity index (χ0n) is 11.4. The Morgan fingerprint density at radius 1 is 1.47 bits per heavy atom. The number of imidazole rings is 1. The van der Waals surface area contributed by atoms with E-state index in [2.05, 4.69) is 9.55 Å². The molecule has 5 nitrogen and oxygen atoms in total. The van der Waals surface area contributed by atoms with E-state index in [0.717, 1.165) is 44.8 Å². The van der Waals surface area contributed by atoms with Gasteiger partial charge in [0.15, 0.2) is 0 Å². The van der Waals surface area contributed by atoms with Gasteiger partial charge in [-0.25, -0.2) is 4.98 Å². The molecule has 0 bridgehead atoms. The highest BCUT2D eigenvalue weighted by Gasteiger charge is 2.31. The molecule has 104 valence electrons. The van der Waals surface area contributed by atoms with Gasteiger partial charge in [-0.05, 0) is 26.2 Å². The molecule has 2 unspecified atom stereocenters. The number of rotatable bonds is 2. The van der Waals surface area contributed by atoms with Gasteiger partial charge in [0.1, 0.15) is 5.82 Å². The molecule has 2 aliphatic rings. The topological polar surface area (TPSA) is 47.4 Å². The third-order valence-electron chi connectivity index (χ3n) is 4.24. The average molecular weight is 263 g/mol. The fourth-order valence-electron chi connectivity index (χ4n) is 3.14. The number of piperidine rings is 1. The summed E-state index contributed by atoms with van der Waals surface area (Å²) in [7, 11) is 0. The molecule has 0 aliphatic carbocycles. The van der Waals surface area contributed by atoms with E-state index in [1.54, 1.807) is 0 Å². The van der Waals surface area contributed by atoms with Crippen LogP contribution < -0.4 is 0 Å². The van der Waals surface area contributed by atoms with Crippen LogP contribution in [0.15, 0.2) is 12.4 Å². The highest BCUT2D eigenvalue weighted by molar-refractivity contribution is 5.79. The van der Waals surface area contributed by atoms with Crippen LogP contribution >= 0.6 is 0 Å². The molecule has 2 atom stereocenters. The van der Waals surface area contributed by atoms with E-state index in [-0.39, 0.29) is 11.8 Å². The number of aromatic nitrogens is 2. The Hall–Kier alpha value is -1.36. The number of carbonyl (C=O) groups excluding carboxylic acids is 1. The van der Waals surface area contributed by atoms with Gasteiger partial charge >= 0.3 is 0 Å². The lowest BCUT2D eigenvalue weighted by Gasteiger charge is -2.35. The molecule has 2 saturated heterocycles. The van der Waals surface area contributed by atoms with Crippen molar-refractivity contribution in [1.82, 2.24) is 14.5 Å². The third kappa shape index (κ3) is 2.52. The first-order valence-corrected chi connectivity index (χ1v) is 7.11. The summed E-state index contributed by atoms with van der Waals surface area (Å²) in [6.07, 6.45) is 6.93. The van der Waals surface area contributed by atoms with Crippen molar-refractivity contribution in [3.63, 3.8) is 0 Å². The Balaban J connectivity index is 1.68. The molecular formula is C14H21N3O2. The van der Waals surface area contributed by atoms with Crippen LogP contribution in [-0.2, 0) is 9.53 Å². The fraction of sp³-hybridized carbons (Fsp3) is 0.714. The minimum absolute atomic E-state index is 0.0858. The second kappa shape index (κ2) is 5.33. The van der Waals surface area contributed by atoms with Gasteiger partial charge in [0.2, 0.25) is 5.91 Å². The van der Waals surface area contributed by atoms with Crippen LogP contribution in [0.5, 0.6) is 0 Å². The summed E-state index contributed by atoms with van der Waals surface area (Å²) in [5.74, 6) is 1.39. The first kappa shape index (κ1) is 12.7. The Bertz CT molecular complexity index is 451. The molecule has 2 aliphatic heterocycles. The van der Waals surface area contributed by atoms with Crippen LogP contribution in [0.1, 0.15) is 31.1 Å². The van der Waals surface area contributed by atoms with Gasteiger partial charge in [-0.15, -0.1) is 0 Å². The summed E-state index contributed by atoms with van der Waals surface area (Å²) in [4.78, 5) is 18.7. The van der Waals surface area contributed by atoms with Gasteiger partial charge in [0.25, 0.3) is 0 Å². The van der Waals surface area contributed by atoms with Crippen molar-refractivity contribution in [2.75, 3.05) is 26.3 Å². The zero-order chi connectivity index (χ0) is 13.2. The van der Waals surface area contributed by atoms with Crippen LogP contribution in [0.2, 0.25) is 0 Å². The molecule has 5 heteroatoms. The molecule has 0 spiro atoms. The standard InChI is InChI=1S/C14H21N3O2/c1-11-15-5-7-17(11)13-3-2-6-16(9-13)14(18)12-4-8-19-10-12/h5,7,12-13H,2-4,6,8-10H2,1H3. The van der Waals surface area contributed by atoms with Crippen LogP contribution in [0.3, 0.4) is 0 Å². The number of carbonyl (C=O) groups is 1. The lowest BCUT2D eigenvalue weighted by molar-refractivity contribution is -0.137. The van der Waals surface area contributed by atoms with E-state index in [1.165, 1.54) is 0 Å². The maximum absolute atomic E-state index is 12.4. The first-order valence-electron chi connectivity index (χ1n) is 7.11. The van der Waals surface area contributed by atoms with Gasteiger partial charge in [-0.2, -0.15) is 0 Å². The molecule has 1 aromatic heterocycles. The van der Waals surface area contributed by atoms with Crippen LogP contribution in [0.25, 0.3) is 0 Å². The lowest BCUT2D eigenvalue weighted by atomic mass is 10.0. The highest BCUT2D eigenvalue weighted by atomic mass is 16.5. The van der Waals surface area contributed by atoms with Crippen LogP contribution in [0.4, 0.5) is 0 Å². The van der Waals surface area contributed by atoms with Crippen LogP contribution in [0, 0.1) is 12.8 Å². The Kier molecular flexibility index (Phi) is 3.55. The lowest BCUT2D eigenvalue weighted by Crippen LogP contribution is -2.43. The minimum Gasteiger partial charge on any atom is -0.381 e. The van der Waals surface area contributed by atoms with E-state index < -0.39 is 0 Å². The average Bonchev–Trinajstić information content (AvgIpc) is 3.09. The number of aryl methyl sites for hydroxylation is 1. The minimum atomic E-state index is 0.0858. The summed E-state index contributed by atoms with van der Waals surface area (Å²) >= 11 is 0. The smallest absolute Gasteiger partial charge is 0.228 e. The van der Waals surface area contributed by atoms with Crippen LogP contribution in [-0.4, -0.2) is 46.7 Å². The molecule has 1 aromatic rings. The predicted octanol–water partition coefficient (Wildman–Crippen LogP) is 1.39. The summed E-state index contributed by atoms with van der Waals surface area (Å²) in [6.45, 7) is 5.05. The number of hydrogen-bond acceptors (Lipinski definition) is 3. The maximum atomic E-state index is 12.4. The predicted molar refractivity (Wildman–Crippen MR) is 70.7 cm³/mol. The molecule has 2 fully saturated rings. The zero-order valence-corrected chi connectivity index (χ0v) is 11.4. The van der Waals surface area contributed by atoms with Gasteiger partial charge < -0.3 is 14.2 Å². The molecule has 3 heterocycles. The van der Waals surface area contributed by atoms with Crippen molar-refractivity contribution < 1.29 is 9.53 Å². The summed E-state index contributed by atoms with van der Waals surface area (Å²) in [5, 5.41) is 0. The van der Waals surface area contributed by atoms with Crippen molar-refractivity contribution >= 4 is 5.91 Å². The SMILES string of the molecule is Cc1nccn1C1CCCN(C(=O)C2CCOC2)C1. The van der Waals surface area contributed by atoms with E-state index in [9.17, 15) is 4.79 Å². The van der Waals surface area contributed by atoms with E-state index in [4.69, 9.17) is 4.74 Å². The second-order valence-electron chi connectivity index (χ2n) is 5.52. The number of hydrogen-bond donors (Lipinski definition) is 0. The fourth-order valence-corrected chi connectivity index (χ4v) is 3.14.